The summed E-state index contributed by atoms with van der Waals surface area (Å²) in [5.74, 6) is -5.38. The normalized spacial score (nSPS) is 21.2. The summed E-state index contributed by atoms with van der Waals surface area (Å²) in [6.07, 6.45) is -3.43. The van der Waals surface area contributed by atoms with E-state index in [0.29, 0.717) is 11.1 Å². The van der Waals surface area contributed by atoms with Gasteiger partial charge in [0.15, 0.2) is 34.9 Å². The molecule has 0 bridgehead atoms. The largest absolute Gasteiger partial charge is 0.508 e. The number of ketones is 1. The quantitative estimate of drug-likeness (QED) is 0.0730. The van der Waals surface area contributed by atoms with E-state index in [2.05, 4.69) is 0 Å². The fourth-order valence-corrected chi connectivity index (χ4v) is 4.32. The molecule has 0 saturated carbocycles. The Balaban J connectivity index is 1.47. The molecule has 0 spiro atoms. The fourth-order valence-electron chi connectivity index (χ4n) is 4.32. The number of ether oxygens (including phenoxy) is 4. The minimum atomic E-state index is -1.86. The SMILES string of the molecule is CC(=O)O[C@H]1[C@H](O)[C@@H](O)[C@H](Oc2ccc(C(=O)C=Cc3ccc(O)c(O)c3)c(O)c2O)O[C@@H]1COC(=O)C=Cc1ccc(O)cc1. The van der Waals surface area contributed by atoms with Gasteiger partial charge in [0.05, 0.1) is 5.56 Å². The van der Waals surface area contributed by atoms with Gasteiger partial charge >= 0.3 is 11.9 Å². The summed E-state index contributed by atoms with van der Waals surface area (Å²) in [5, 5.41) is 70.8. The minimum absolute atomic E-state index is 0.0397. The molecule has 0 aliphatic carbocycles. The summed E-state index contributed by atoms with van der Waals surface area (Å²) in [5.41, 5.74) is 0.599. The molecule has 7 N–H and O–H groups in total. The Morgan fingerprint density at radius 3 is 2.15 bits per heavy atom. The molecule has 1 saturated heterocycles. The van der Waals surface area contributed by atoms with E-state index in [1.807, 2.05) is 0 Å². The van der Waals surface area contributed by atoms with Crippen LogP contribution >= 0.6 is 0 Å². The Hall–Kier alpha value is -5.57. The van der Waals surface area contributed by atoms with Gasteiger partial charge in [-0.05, 0) is 59.7 Å². The number of benzene rings is 3. The average molecular weight is 639 g/mol. The van der Waals surface area contributed by atoms with Crippen LogP contribution in [-0.4, -0.2) is 90.8 Å². The monoisotopic (exact) mass is 638 g/mol. The number of phenolic OH excluding ortho intramolecular Hbond substituents is 5. The minimum Gasteiger partial charge on any atom is -0.508 e. The molecule has 1 aliphatic rings. The number of allylic oxidation sites excluding steroid dienone is 1. The number of rotatable bonds is 10. The van der Waals surface area contributed by atoms with Crippen LogP contribution in [0.5, 0.6) is 34.5 Å². The second-order valence-corrected chi connectivity index (χ2v) is 10.0. The van der Waals surface area contributed by atoms with Crippen LogP contribution < -0.4 is 4.74 Å². The smallest absolute Gasteiger partial charge is 0.330 e. The highest BCUT2D eigenvalue weighted by Gasteiger charge is 2.48. The number of aromatic hydroxyl groups is 5. The van der Waals surface area contributed by atoms with Crippen LogP contribution in [0.15, 0.2) is 66.7 Å². The third kappa shape index (κ3) is 8.12. The third-order valence-corrected chi connectivity index (χ3v) is 6.69. The molecule has 0 amide bonds. The van der Waals surface area contributed by atoms with E-state index in [1.54, 1.807) is 12.1 Å². The highest BCUT2D eigenvalue weighted by Crippen LogP contribution is 2.40. The molecule has 4 rings (SSSR count). The molecular weight excluding hydrogens is 608 g/mol. The first-order valence-corrected chi connectivity index (χ1v) is 13.6. The van der Waals surface area contributed by atoms with Crippen molar-refractivity contribution in [3.63, 3.8) is 0 Å². The molecule has 14 nitrogen and oxygen atoms in total. The maximum atomic E-state index is 12.7. The molecule has 1 aliphatic heterocycles. The molecule has 3 aromatic rings. The molecule has 0 unspecified atom stereocenters. The lowest BCUT2D eigenvalue weighted by Gasteiger charge is -2.41. The lowest BCUT2D eigenvalue weighted by Crippen LogP contribution is -2.61. The second kappa shape index (κ2) is 14.5. The summed E-state index contributed by atoms with van der Waals surface area (Å²) in [4.78, 5) is 36.7. The van der Waals surface area contributed by atoms with Gasteiger partial charge in [0.25, 0.3) is 0 Å². The van der Waals surface area contributed by atoms with Crippen molar-refractivity contribution in [3.8, 4) is 34.5 Å². The number of aliphatic hydroxyl groups excluding tert-OH is 2. The number of hydrogen-bond acceptors (Lipinski definition) is 14. The molecular formula is C32H30O14. The Labute approximate surface area is 261 Å². The zero-order valence-corrected chi connectivity index (χ0v) is 24.1. The molecule has 0 aromatic heterocycles. The van der Waals surface area contributed by atoms with E-state index < -0.39 is 78.0 Å². The van der Waals surface area contributed by atoms with Crippen LogP contribution in [0.25, 0.3) is 12.2 Å². The van der Waals surface area contributed by atoms with Crippen molar-refractivity contribution in [1.82, 2.24) is 0 Å². The Morgan fingerprint density at radius 1 is 0.804 bits per heavy atom. The number of phenols is 5. The lowest BCUT2D eigenvalue weighted by atomic mass is 9.99. The van der Waals surface area contributed by atoms with E-state index in [-0.39, 0.29) is 17.1 Å². The van der Waals surface area contributed by atoms with Gasteiger partial charge < -0.3 is 54.7 Å². The zero-order valence-electron chi connectivity index (χ0n) is 24.1. The van der Waals surface area contributed by atoms with Crippen molar-refractivity contribution in [2.75, 3.05) is 6.61 Å². The van der Waals surface area contributed by atoms with Crippen LogP contribution in [-0.2, 0) is 23.8 Å². The van der Waals surface area contributed by atoms with Crippen molar-refractivity contribution in [1.29, 1.82) is 0 Å². The van der Waals surface area contributed by atoms with Crippen LogP contribution in [0.3, 0.4) is 0 Å². The van der Waals surface area contributed by atoms with Gasteiger partial charge in [0.2, 0.25) is 12.0 Å². The first kappa shape index (κ1) is 33.3. The van der Waals surface area contributed by atoms with Crippen molar-refractivity contribution in [2.45, 2.75) is 37.6 Å². The highest BCUT2D eigenvalue weighted by molar-refractivity contribution is 6.09. The second-order valence-electron chi connectivity index (χ2n) is 10.0. The molecule has 5 atom stereocenters. The highest BCUT2D eigenvalue weighted by atomic mass is 16.7. The van der Waals surface area contributed by atoms with Crippen molar-refractivity contribution in [3.05, 3.63) is 83.4 Å². The summed E-state index contributed by atoms with van der Waals surface area (Å²) in [6.45, 7) is 0.481. The molecule has 14 heteroatoms. The van der Waals surface area contributed by atoms with E-state index in [9.17, 15) is 50.1 Å². The van der Waals surface area contributed by atoms with Crippen molar-refractivity contribution < 1.29 is 69.1 Å². The average Bonchev–Trinajstić information content (AvgIpc) is 3.02. The Kier molecular flexibility index (Phi) is 10.5. The van der Waals surface area contributed by atoms with Gasteiger partial charge in [-0.3, -0.25) is 9.59 Å². The van der Waals surface area contributed by atoms with Crippen LogP contribution in [0, 0.1) is 0 Å². The standard InChI is InChI=1S/C32H30O14/c1-16(33)44-31-25(15-43-26(38)13-6-17-2-7-19(34)8-3-17)46-32(30(42)29(31)41)45-24-12-9-20(27(39)28(24)40)21(35)10-4-18-5-11-22(36)23(37)14-18/h2-14,25,29-32,34,36-37,39-42H,15H2,1H3/t25-,29-,30-,31-,32-/m1/s1. The number of carbonyl (C=O) groups excluding carboxylic acids is 3. The van der Waals surface area contributed by atoms with Gasteiger partial charge in [-0.1, -0.05) is 24.3 Å². The maximum absolute atomic E-state index is 12.7. The van der Waals surface area contributed by atoms with E-state index in [1.165, 1.54) is 42.5 Å². The Morgan fingerprint density at radius 2 is 1.48 bits per heavy atom. The van der Waals surface area contributed by atoms with Crippen LogP contribution in [0.2, 0.25) is 0 Å². The maximum Gasteiger partial charge on any atom is 0.330 e. The van der Waals surface area contributed by atoms with Gasteiger partial charge in [-0.15, -0.1) is 0 Å². The topological polar surface area (TPSA) is 230 Å². The van der Waals surface area contributed by atoms with Gasteiger partial charge in [0.1, 0.15) is 30.7 Å². The Bertz CT molecular complexity index is 1650. The van der Waals surface area contributed by atoms with Crippen molar-refractivity contribution >= 4 is 29.9 Å². The first-order valence-electron chi connectivity index (χ1n) is 13.6. The van der Waals surface area contributed by atoms with Gasteiger partial charge in [0, 0.05) is 13.0 Å². The van der Waals surface area contributed by atoms with Crippen LogP contribution in [0.1, 0.15) is 28.4 Å². The third-order valence-electron chi connectivity index (χ3n) is 6.69. The number of esters is 2. The fraction of sp³-hybridized carbons (Fsp3) is 0.219. The van der Waals surface area contributed by atoms with E-state index in [4.69, 9.17) is 18.9 Å². The van der Waals surface area contributed by atoms with Gasteiger partial charge in [-0.2, -0.15) is 0 Å². The number of aliphatic hydroxyl groups is 2. The van der Waals surface area contributed by atoms with Crippen molar-refractivity contribution in [2.24, 2.45) is 0 Å². The number of hydrogen-bond donors (Lipinski definition) is 7. The number of carbonyl (C=O) groups is 3. The summed E-state index contributed by atoms with van der Waals surface area (Å²) < 4.78 is 21.4. The van der Waals surface area contributed by atoms with Crippen LogP contribution in [0.4, 0.5) is 0 Å². The summed E-state index contributed by atoms with van der Waals surface area (Å²) >= 11 is 0. The lowest BCUT2D eigenvalue weighted by molar-refractivity contribution is -0.282. The predicted octanol–water partition coefficient (Wildman–Crippen LogP) is 2.12. The molecule has 1 fully saturated rings. The van der Waals surface area contributed by atoms with Gasteiger partial charge in [-0.25, -0.2) is 4.79 Å². The first-order chi connectivity index (χ1) is 21.8. The van der Waals surface area contributed by atoms with E-state index >= 15 is 0 Å². The summed E-state index contributed by atoms with van der Waals surface area (Å²) in [7, 11) is 0. The summed E-state index contributed by atoms with van der Waals surface area (Å²) in [6, 6.07) is 12.0. The molecule has 0 radical (unpaired) electrons. The molecule has 46 heavy (non-hydrogen) atoms. The van der Waals surface area contributed by atoms with E-state index in [0.717, 1.165) is 31.2 Å². The molecule has 1 heterocycles. The molecule has 3 aromatic carbocycles. The zero-order chi connectivity index (χ0) is 33.5. The predicted molar refractivity (Wildman–Crippen MR) is 158 cm³/mol. The molecule has 242 valence electrons.